The van der Waals surface area contributed by atoms with Crippen molar-refractivity contribution in [1.29, 1.82) is 0 Å². The highest BCUT2D eigenvalue weighted by Gasteiger charge is 2.22. The molecule has 1 atom stereocenters. The molecule has 21 heavy (non-hydrogen) atoms. The van der Waals surface area contributed by atoms with Crippen LogP contribution in [0.1, 0.15) is 32.0 Å². The SMILES string of the molecule is CCC(C)n1ncc(NS(=O)(=O)c2cccnc2F)c1C. The summed E-state index contributed by atoms with van der Waals surface area (Å²) in [7, 11) is -4.03. The van der Waals surface area contributed by atoms with Crippen molar-refractivity contribution in [3.05, 3.63) is 36.2 Å². The summed E-state index contributed by atoms with van der Waals surface area (Å²) >= 11 is 0. The van der Waals surface area contributed by atoms with Gasteiger partial charge in [0.25, 0.3) is 10.0 Å². The van der Waals surface area contributed by atoms with E-state index in [1.54, 1.807) is 11.6 Å². The van der Waals surface area contributed by atoms with Crippen LogP contribution in [0.25, 0.3) is 0 Å². The first-order chi connectivity index (χ1) is 9.86. The maximum atomic E-state index is 13.5. The molecule has 0 radical (unpaired) electrons. The van der Waals surface area contributed by atoms with Crippen LogP contribution in [0.3, 0.4) is 0 Å². The second kappa shape index (κ2) is 5.80. The number of hydrogen-bond acceptors (Lipinski definition) is 4. The van der Waals surface area contributed by atoms with Gasteiger partial charge in [0, 0.05) is 12.2 Å². The van der Waals surface area contributed by atoms with Gasteiger partial charge in [0.2, 0.25) is 5.95 Å². The van der Waals surface area contributed by atoms with Gasteiger partial charge in [-0.3, -0.25) is 9.40 Å². The molecule has 6 nitrogen and oxygen atoms in total. The van der Waals surface area contributed by atoms with Crippen molar-refractivity contribution in [3.8, 4) is 0 Å². The molecule has 0 aromatic carbocycles. The van der Waals surface area contributed by atoms with Crippen molar-refractivity contribution < 1.29 is 12.8 Å². The normalized spacial score (nSPS) is 13.1. The maximum Gasteiger partial charge on any atom is 0.266 e. The highest BCUT2D eigenvalue weighted by atomic mass is 32.2. The van der Waals surface area contributed by atoms with Crippen molar-refractivity contribution >= 4 is 15.7 Å². The average Bonchev–Trinajstić information content (AvgIpc) is 2.79. The number of aromatic nitrogens is 3. The minimum Gasteiger partial charge on any atom is -0.276 e. The molecular formula is C13H17FN4O2S. The molecule has 0 aliphatic carbocycles. The van der Waals surface area contributed by atoms with E-state index >= 15 is 0 Å². The smallest absolute Gasteiger partial charge is 0.266 e. The summed E-state index contributed by atoms with van der Waals surface area (Å²) in [4.78, 5) is 2.86. The van der Waals surface area contributed by atoms with Crippen LogP contribution in [-0.2, 0) is 10.0 Å². The molecule has 1 unspecified atom stereocenters. The Morgan fingerprint density at radius 3 is 2.81 bits per heavy atom. The first-order valence-electron chi connectivity index (χ1n) is 6.54. The Balaban J connectivity index is 2.34. The van der Waals surface area contributed by atoms with Gasteiger partial charge in [-0.2, -0.15) is 9.49 Å². The second-order valence-corrected chi connectivity index (χ2v) is 6.39. The van der Waals surface area contributed by atoms with E-state index in [0.29, 0.717) is 11.4 Å². The largest absolute Gasteiger partial charge is 0.276 e. The molecule has 0 fully saturated rings. The van der Waals surface area contributed by atoms with Crippen LogP contribution in [0.5, 0.6) is 0 Å². The fourth-order valence-electron chi connectivity index (χ4n) is 1.91. The molecule has 114 valence electrons. The van der Waals surface area contributed by atoms with Gasteiger partial charge in [-0.15, -0.1) is 0 Å². The van der Waals surface area contributed by atoms with Gasteiger partial charge in [0.1, 0.15) is 4.90 Å². The third-order valence-electron chi connectivity index (χ3n) is 3.31. The van der Waals surface area contributed by atoms with Crippen molar-refractivity contribution in [1.82, 2.24) is 14.8 Å². The van der Waals surface area contributed by atoms with Gasteiger partial charge in [-0.05, 0) is 32.4 Å². The number of halogens is 1. The molecule has 0 saturated carbocycles. The van der Waals surface area contributed by atoms with E-state index in [9.17, 15) is 12.8 Å². The van der Waals surface area contributed by atoms with Crippen LogP contribution in [-0.4, -0.2) is 23.2 Å². The number of rotatable bonds is 5. The summed E-state index contributed by atoms with van der Waals surface area (Å²) < 4.78 is 42.0. The zero-order chi connectivity index (χ0) is 15.6. The summed E-state index contributed by atoms with van der Waals surface area (Å²) in [5.74, 6) is -1.03. The molecule has 1 N–H and O–H groups in total. The van der Waals surface area contributed by atoms with Gasteiger partial charge < -0.3 is 0 Å². The van der Waals surface area contributed by atoms with Crippen molar-refractivity contribution in [2.45, 2.75) is 38.1 Å². The minimum absolute atomic E-state index is 0.151. The highest BCUT2D eigenvalue weighted by molar-refractivity contribution is 7.92. The number of pyridine rings is 1. The molecule has 0 bridgehead atoms. The molecule has 8 heteroatoms. The predicted molar refractivity (Wildman–Crippen MR) is 77.0 cm³/mol. The molecule has 2 aromatic rings. The van der Waals surface area contributed by atoms with Crippen LogP contribution in [0.4, 0.5) is 10.1 Å². The topological polar surface area (TPSA) is 76.9 Å². The van der Waals surface area contributed by atoms with Gasteiger partial charge in [-0.25, -0.2) is 13.4 Å². The van der Waals surface area contributed by atoms with Crippen LogP contribution in [0.2, 0.25) is 0 Å². The lowest BCUT2D eigenvalue weighted by Crippen LogP contribution is -2.16. The lowest BCUT2D eigenvalue weighted by Gasteiger charge is -2.12. The molecule has 0 aliphatic rings. The Labute approximate surface area is 123 Å². The molecule has 2 rings (SSSR count). The van der Waals surface area contributed by atoms with Gasteiger partial charge in [0.05, 0.1) is 17.6 Å². The number of nitrogens with zero attached hydrogens (tertiary/aromatic N) is 3. The lowest BCUT2D eigenvalue weighted by atomic mass is 10.2. The Bertz CT molecular complexity index is 742. The van der Waals surface area contributed by atoms with E-state index in [1.165, 1.54) is 24.5 Å². The Morgan fingerprint density at radius 1 is 1.48 bits per heavy atom. The summed E-state index contributed by atoms with van der Waals surface area (Å²) in [5.41, 5.74) is 1.01. The van der Waals surface area contributed by atoms with Crippen LogP contribution in [0, 0.1) is 12.9 Å². The van der Waals surface area contributed by atoms with Crippen molar-refractivity contribution in [2.75, 3.05) is 4.72 Å². The summed E-state index contributed by atoms with van der Waals surface area (Å²) in [6.07, 6.45) is 3.49. The molecule has 2 aromatic heterocycles. The molecule has 0 spiro atoms. The van der Waals surface area contributed by atoms with Crippen LogP contribution < -0.4 is 4.72 Å². The summed E-state index contributed by atoms with van der Waals surface area (Å²) in [6, 6.07) is 2.69. The number of nitrogens with one attached hydrogen (secondary N) is 1. The predicted octanol–water partition coefficient (Wildman–Crippen LogP) is 2.50. The van der Waals surface area contributed by atoms with E-state index in [0.717, 1.165) is 6.42 Å². The molecule has 0 amide bonds. The fraction of sp³-hybridized carbons (Fsp3) is 0.385. The summed E-state index contributed by atoms with van der Waals surface area (Å²) in [6.45, 7) is 5.76. The van der Waals surface area contributed by atoms with E-state index in [-0.39, 0.29) is 6.04 Å². The first kappa shape index (κ1) is 15.4. The Hall–Kier alpha value is -1.96. The first-order valence-corrected chi connectivity index (χ1v) is 8.02. The minimum atomic E-state index is -4.03. The van der Waals surface area contributed by atoms with Gasteiger partial charge >= 0.3 is 0 Å². The van der Waals surface area contributed by atoms with Crippen LogP contribution in [0.15, 0.2) is 29.4 Å². The molecule has 0 aliphatic heterocycles. The average molecular weight is 312 g/mol. The van der Waals surface area contributed by atoms with Gasteiger partial charge in [-0.1, -0.05) is 6.92 Å². The van der Waals surface area contributed by atoms with E-state index in [2.05, 4.69) is 14.8 Å². The summed E-state index contributed by atoms with van der Waals surface area (Å²) in [5, 5.41) is 4.17. The molecule has 0 saturated heterocycles. The van der Waals surface area contributed by atoms with E-state index in [4.69, 9.17) is 0 Å². The van der Waals surface area contributed by atoms with Crippen LogP contribution >= 0.6 is 0 Å². The maximum absolute atomic E-state index is 13.5. The van der Waals surface area contributed by atoms with Crippen molar-refractivity contribution in [2.24, 2.45) is 0 Å². The standard InChI is InChI=1S/C13H17FN4O2S/c1-4-9(2)18-10(3)11(8-16-18)17-21(19,20)12-6-5-7-15-13(12)14/h5-9,17H,4H2,1-3H3. The Kier molecular flexibility index (Phi) is 4.26. The number of sulfonamides is 1. The van der Waals surface area contributed by atoms with E-state index in [1.807, 2.05) is 13.8 Å². The molecule has 2 heterocycles. The molecular weight excluding hydrogens is 295 g/mol. The number of hydrogen-bond donors (Lipinski definition) is 1. The third-order valence-corrected chi connectivity index (χ3v) is 4.68. The lowest BCUT2D eigenvalue weighted by molar-refractivity contribution is 0.468. The zero-order valence-corrected chi connectivity index (χ0v) is 12.9. The van der Waals surface area contributed by atoms with E-state index < -0.39 is 20.9 Å². The quantitative estimate of drug-likeness (QED) is 0.861. The number of anilines is 1. The highest BCUT2D eigenvalue weighted by Crippen LogP contribution is 2.23. The van der Waals surface area contributed by atoms with Gasteiger partial charge in [0.15, 0.2) is 0 Å². The van der Waals surface area contributed by atoms with Crippen molar-refractivity contribution in [3.63, 3.8) is 0 Å². The third kappa shape index (κ3) is 3.05. The monoisotopic (exact) mass is 312 g/mol. The Morgan fingerprint density at radius 2 is 2.19 bits per heavy atom. The fourth-order valence-corrected chi connectivity index (χ4v) is 3.04. The zero-order valence-electron chi connectivity index (χ0n) is 12.0. The second-order valence-electron chi connectivity index (χ2n) is 4.74.